The number of likely N-dealkylation sites (N-methyl/N-ethyl adjacent to an activating group) is 1. The highest BCUT2D eigenvalue weighted by Gasteiger charge is 2.27. The zero-order valence-corrected chi connectivity index (χ0v) is 12.4. The van der Waals surface area contributed by atoms with E-state index in [1.165, 1.54) is 43.3 Å². The predicted octanol–water partition coefficient (Wildman–Crippen LogP) is 2.26. The zero-order valence-electron chi connectivity index (χ0n) is 12.4. The van der Waals surface area contributed by atoms with E-state index in [0.717, 1.165) is 0 Å². The summed E-state index contributed by atoms with van der Waals surface area (Å²) in [5.74, 6) is 0. The first-order valence-corrected chi connectivity index (χ1v) is 6.56. The predicted molar refractivity (Wildman–Crippen MR) is 75.7 cm³/mol. The molecule has 1 unspecified atom stereocenters. The van der Waals surface area contributed by atoms with Crippen LogP contribution in [-0.2, 0) is 11.2 Å². The number of halogens is 3. The summed E-state index contributed by atoms with van der Waals surface area (Å²) in [6.07, 6.45) is -6.19. The monoisotopic (exact) mass is 320 g/mol. The largest absolute Gasteiger partial charge is 0.393 e. The van der Waals surface area contributed by atoms with E-state index in [-0.39, 0.29) is 24.4 Å². The summed E-state index contributed by atoms with van der Waals surface area (Å²) in [7, 11) is 2.89. The van der Waals surface area contributed by atoms with E-state index in [4.69, 9.17) is 4.74 Å². The van der Waals surface area contributed by atoms with Crippen LogP contribution in [0.5, 0.6) is 0 Å². The van der Waals surface area contributed by atoms with Gasteiger partial charge in [-0.05, 0) is 17.7 Å². The topological polar surface area (TPSA) is 61.8 Å². The number of hydrogen-bond donors (Lipinski definition) is 2. The molecule has 0 radical (unpaired) electrons. The van der Waals surface area contributed by atoms with Crippen LogP contribution in [0.25, 0.3) is 0 Å². The third-order valence-corrected chi connectivity index (χ3v) is 2.77. The van der Waals surface area contributed by atoms with Gasteiger partial charge in [0.05, 0.1) is 25.7 Å². The SMILES string of the molecule is COCC(O)CN(C)C(=O)Nc1cccc(CC(F)(F)F)c1. The first kappa shape index (κ1) is 18.2. The second kappa shape index (κ2) is 8.00. The van der Waals surface area contributed by atoms with Crippen molar-refractivity contribution in [2.24, 2.45) is 0 Å². The first-order valence-electron chi connectivity index (χ1n) is 6.56. The Morgan fingerprint density at radius 3 is 2.73 bits per heavy atom. The van der Waals surface area contributed by atoms with Gasteiger partial charge in [0.2, 0.25) is 0 Å². The number of urea groups is 1. The lowest BCUT2D eigenvalue weighted by Gasteiger charge is -2.21. The fourth-order valence-corrected chi connectivity index (χ4v) is 1.85. The maximum Gasteiger partial charge on any atom is 0.393 e. The number of methoxy groups -OCH3 is 1. The third-order valence-electron chi connectivity index (χ3n) is 2.77. The van der Waals surface area contributed by atoms with Gasteiger partial charge in [-0.1, -0.05) is 12.1 Å². The molecule has 2 amide bonds. The molecule has 1 aromatic carbocycles. The van der Waals surface area contributed by atoms with E-state index in [9.17, 15) is 23.1 Å². The van der Waals surface area contributed by atoms with Crippen molar-refractivity contribution < 1.29 is 27.8 Å². The molecule has 0 heterocycles. The van der Waals surface area contributed by atoms with Gasteiger partial charge < -0.3 is 20.1 Å². The summed E-state index contributed by atoms with van der Waals surface area (Å²) in [4.78, 5) is 13.1. The van der Waals surface area contributed by atoms with Crippen LogP contribution in [0.2, 0.25) is 0 Å². The molecule has 1 atom stereocenters. The minimum absolute atomic E-state index is 0.0436. The van der Waals surface area contributed by atoms with Crippen LogP contribution in [-0.4, -0.2) is 55.6 Å². The quantitative estimate of drug-likeness (QED) is 0.845. The van der Waals surface area contributed by atoms with Crippen molar-refractivity contribution in [3.8, 4) is 0 Å². The highest BCUT2D eigenvalue weighted by Crippen LogP contribution is 2.22. The number of alkyl halides is 3. The van der Waals surface area contributed by atoms with Gasteiger partial charge in [-0.25, -0.2) is 4.79 Å². The number of amides is 2. The number of ether oxygens (including phenoxy) is 1. The number of carbonyl (C=O) groups excluding carboxylic acids is 1. The van der Waals surface area contributed by atoms with Gasteiger partial charge in [0, 0.05) is 19.8 Å². The smallest absolute Gasteiger partial charge is 0.389 e. The number of aliphatic hydroxyl groups excluding tert-OH is 1. The number of carbonyl (C=O) groups is 1. The van der Waals surface area contributed by atoms with E-state index in [2.05, 4.69) is 5.32 Å². The van der Waals surface area contributed by atoms with E-state index in [0.29, 0.717) is 0 Å². The molecule has 22 heavy (non-hydrogen) atoms. The van der Waals surface area contributed by atoms with E-state index in [1.54, 1.807) is 0 Å². The van der Waals surface area contributed by atoms with Crippen LogP contribution in [0.15, 0.2) is 24.3 Å². The number of nitrogens with zero attached hydrogens (tertiary/aromatic N) is 1. The lowest BCUT2D eigenvalue weighted by molar-refractivity contribution is -0.127. The highest BCUT2D eigenvalue weighted by atomic mass is 19.4. The van der Waals surface area contributed by atoms with Gasteiger partial charge in [0.15, 0.2) is 0 Å². The summed E-state index contributed by atoms with van der Waals surface area (Å²) in [5, 5.41) is 12.0. The van der Waals surface area contributed by atoms with Gasteiger partial charge in [0.1, 0.15) is 0 Å². The van der Waals surface area contributed by atoms with Gasteiger partial charge >= 0.3 is 12.2 Å². The summed E-state index contributed by atoms with van der Waals surface area (Å²) < 4.78 is 41.8. The molecular weight excluding hydrogens is 301 g/mol. The Hall–Kier alpha value is -1.80. The van der Waals surface area contributed by atoms with E-state index in [1.807, 2.05) is 0 Å². The molecule has 124 valence electrons. The van der Waals surface area contributed by atoms with Crippen molar-refractivity contribution >= 4 is 11.7 Å². The summed E-state index contributed by atoms with van der Waals surface area (Å²) in [5.41, 5.74) is 0.326. The second-order valence-electron chi connectivity index (χ2n) is 4.91. The Morgan fingerprint density at radius 2 is 2.14 bits per heavy atom. The zero-order chi connectivity index (χ0) is 16.8. The molecule has 5 nitrogen and oxygen atoms in total. The molecule has 0 aliphatic heterocycles. The molecule has 0 saturated heterocycles. The Morgan fingerprint density at radius 1 is 1.45 bits per heavy atom. The number of hydrogen-bond acceptors (Lipinski definition) is 3. The molecule has 8 heteroatoms. The normalized spacial score (nSPS) is 12.8. The van der Waals surface area contributed by atoms with E-state index >= 15 is 0 Å². The third kappa shape index (κ3) is 6.77. The number of rotatable bonds is 6. The molecule has 0 aliphatic carbocycles. The van der Waals surface area contributed by atoms with Gasteiger partial charge in [-0.3, -0.25) is 0 Å². The van der Waals surface area contributed by atoms with Crippen molar-refractivity contribution in [1.82, 2.24) is 4.90 Å². The highest BCUT2D eigenvalue weighted by molar-refractivity contribution is 5.89. The van der Waals surface area contributed by atoms with Crippen molar-refractivity contribution in [3.05, 3.63) is 29.8 Å². The van der Waals surface area contributed by atoms with Gasteiger partial charge in [-0.2, -0.15) is 13.2 Å². The summed E-state index contributed by atoms with van der Waals surface area (Å²) >= 11 is 0. The van der Waals surface area contributed by atoms with Crippen molar-refractivity contribution in [2.75, 3.05) is 32.6 Å². The fraction of sp³-hybridized carbons (Fsp3) is 0.500. The van der Waals surface area contributed by atoms with Crippen LogP contribution < -0.4 is 5.32 Å². The number of benzene rings is 1. The van der Waals surface area contributed by atoms with Crippen LogP contribution in [0.4, 0.5) is 23.7 Å². The lowest BCUT2D eigenvalue weighted by Crippen LogP contribution is -2.38. The van der Waals surface area contributed by atoms with Gasteiger partial charge in [-0.15, -0.1) is 0 Å². The maximum atomic E-state index is 12.3. The minimum Gasteiger partial charge on any atom is -0.389 e. The number of nitrogens with one attached hydrogen (secondary N) is 1. The average molecular weight is 320 g/mol. The lowest BCUT2D eigenvalue weighted by atomic mass is 10.1. The molecule has 0 aromatic heterocycles. The molecule has 1 aromatic rings. The number of aliphatic hydroxyl groups is 1. The van der Waals surface area contributed by atoms with Crippen LogP contribution in [0.1, 0.15) is 5.56 Å². The Bertz CT molecular complexity index is 494. The van der Waals surface area contributed by atoms with Crippen LogP contribution in [0.3, 0.4) is 0 Å². The Labute approximate surface area is 126 Å². The standard InChI is InChI=1S/C14H19F3N2O3/c1-19(8-12(20)9-22-2)13(21)18-11-5-3-4-10(6-11)7-14(15,16)17/h3-6,12,20H,7-9H2,1-2H3,(H,18,21). The van der Waals surface area contributed by atoms with E-state index < -0.39 is 24.7 Å². The van der Waals surface area contributed by atoms with Crippen LogP contribution >= 0.6 is 0 Å². The molecule has 0 saturated carbocycles. The summed E-state index contributed by atoms with van der Waals surface area (Å²) in [6, 6.07) is 5.02. The Kier molecular flexibility index (Phi) is 6.63. The molecule has 1 rings (SSSR count). The first-order chi connectivity index (χ1) is 10.2. The maximum absolute atomic E-state index is 12.3. The Balaban J connectivity index is 2.62. The summed E-state index contributed by atoms with van der Waals surface area (Å²) in [6.45, 7) is 0.126. The number of anilines is 1. The minimum atomic E-state index is -4.30. The van der Waals surface area contributed by atoms with Crippen molar-refractivity contribution in [1.29, 1.82) is 0 Å². The molecule has 2 N–H and O–H groups in total. The van der Waals surface area contributed by atoms with Crippen molar-refractivity contribution in [2.45, 2.75) is 18.7 Å². The second-order valence-corrected chi connectivity index (χ2v) is 4.91. The molecule has 0 aliphatic rings. The molecular formula is C14H19F3N2O3. The van der Waals surface area contributed by atoms with Gasteiger partial charge in [0.25, 0.3) is 0 Å². The van der Waals surface area contributed by atoms with Crippen molar-refractivity contribution in [3.63, 3.8) is 0 Å². The fourth-order valence-electron chi connectivity index (χ4n) is 1.85. The molecule has 0 bridgehead atoms. The van der Waals surface area contributed by atoms with Crippen LogP contribution in [0, 0.1) is 0 Å². The molecule has 0 fully saturated rings. The average Bonchev–Trinajstić information content (AvgIpc) is 2.37. The molecule has 0 spiro atoms.